The monoisotopic (exact) mass is 418 g/mol. The standard InChI is InChI=1S/C23H34N2O5/c1-3-13-30-23(10-4-5-18(2)16-23)22(27)24-19-6-8-20(9-7-19)29-17-21(26)25-11-14-28-15-12-25/h6-9,18H,3-5,10-17H2,1-2H3,(H,24,27). The van der Waals surface area contributed by atoms with E-state index in [-0.39, 0.29) is 18.4 Å². The van der Waals surface area contributed by atoms with Crippen molar-refractivity contribution in [2.75, 3.05) is 44.8 Å². The van der Waals surface area contributed by atoms with Gasteiger partial charge < -0.3 is 24.4 Å². The summed E-state index contributed by atoms with van der Waals surface area (Å²) in [6.45, 7) is 7.18. The summed E-state index contributed by atoms with van der Waals surface area (Å²) in [5.74, 6) is 0.953. The Morgan fingerprint density at radius 2 is 1.97 bits per heavy atom. The van der Waals surface area contributed by atoms with Gasteiger partial charge in [-0.25, -0.2) is 0 Å². The second-order valence-electron chi connectivity index (χ2n) is 8.30. The summed E-state index contributed by atoms with van der Waals surface area (Å²) in [5, 5.41) is 3.02. The number of rotatable bonds is 8. The van der Waals surface area contributed by atoms with E-state index < -0.39 is 5.60 Å². The average Bonchev–Trinajstić information content (AvgIpc) is 2.77. The second kappa shape index (κ2) is 10.8. The molecule has 0 bridgehead atoms. The summed E-state index contributed by atoms with van der Waals surface area (Å²) < 4.78 is 17.0. The largest absolute Gasteiger partial charge is 0.484 e. The summed E-state index contributed by atoms with van der Waals surface area (Å²) in [7, 11) is 0. The van der Waals surface area contributed by atoms with E-state index >= 15 is 0 Å². The highest BCUT2D eigenvalue weighted by molar-refractivity contribution is 5.97. The van der Waals surface area contributed by atoms with Crippen LogP contribution >= 0.6 is 0 Å². The number of nitrogens with zero attached hydrogens (tertiary/aromatic N) is 1. The van der Waals surface area contributed by atoms with E-state index in [1.54, 1.807) is 29.2 Å². The van der Waals surface area contributed by atoms with Crippen molar-refractivity contribution in [1.29, 1.82) is 0 Å². The maximum atomic E-state index is 13.1. The van der Waals surface area contributed by atoms with E-state index in [9.17, 15) is 9.59 Å². The minimum Gasteiger partial charge on any atom is -0.484 e. The number of amides is 2. The molecule has 0 aromatic heterocycles. The van der Waals surface area contributed by atoms with Crippen molar-refractivity contribution >= 4 is 17.5 Å². The van der Waals surface area contributed by atoms with Crippen LogP contribution in [0.5, 0.6) is 5.75 Å². The molecule has 2 unspecified atom stereocenters. The lowest BCUT2D eigenvalue weighted by atomic mass is 9.78. The van der Waals surface area contributed by atoms with Crippen molar-refractivity contribution in [3.8, 4) is 5.75 Å². The lowest BCUT2D eigenvalue weighted by Gasteiger charge is -2.38. The molecule has 0 spiro atoms. The van der Waals surface area contributed by atoms with Crippen molar-refractivity contribution in [3.05, 3.63) is 24.3 Å². The molecule has 1 N–H and O–H groups in total. The molecular weight excluding hydrogens is 384 g/mol. The zero-order chi connectivity index (χ0) is 21.4. The zero-order valence-electron chi connectivity index (χ0n) is 18.2. The van der Waals surface area contributed by atoms with Crippen molar-refractivity contribution in [1.82, 2.24) is 4.90 Å². The molecule has 1 aliphatic heterocycles. The van der Waals surface area contributed by atoms with Gasteiger partial charge in [-0.1, -0.05) is 20.3 Å². The first-order valence-electron chi connectivity index (χ1n) is 11.1. The van der Waals surface area contributed by atoms with Gasteiger partial charge in [0.25, 0.3) is 11.8 Å². The van der Waals surface area contributed by atoms with Crippen LogP contribution in [0.1, 0.15) is 46.0 Å². The number of benzene rings is 1. The van der Waals surface area contributed by atoms with E-state index in [2.05, 4.69) is 19.2 Å². The van der Waals surface area contributed by atoms with Crippen LogP contribution in [0.2, 0.25) is 0 Å². The lowest BCUT2D eigenvalue weighted by molar-refractivity contribution is -0.148. The Kier molecular flexibility index (Phi) is 8.10. The highest BCUT2D eigenvalue weighted by Crippen LogP contribution is 2.36. The smallest absolute Gasteiger partial charge is 0.260 e. The number of hydrogen-bond acceptors (Lipinski definition) is 5. The maximum Gasteiger partial charge on any atom is 0.260 e. The van der Waals surface area contributed by atoms with Crippen LogP contribution in [0.4, 0.5) is 5.69 Å². The summed E-state index contributed by atoms with van der Waals surface area (Å²) >= 11 is 0. The van der Waals surface area contributed by atoms with Gasteiger partial charge in [-0.15, -0.1) is 0 Å². The van der Waals surface area contributed by atoms with E-state index in [0.29, 0.717) is 50.3 Å². The van der Waals surface area contributed by atoms with Crippen LogP contribution in [0, 0.1) is 5.92 Å². The molecule has 30 heavy (non-hydrogen) atoms. The van der Waals surface area contributed by atoms with E-state index in [1.165, 1.54) is 0 Å². The lowest BCUT2D eigenvalue weighted by Crippen LogP contribution is -2.48. The van der Waals surface area contributed by atoms with Crippen LogP contribution in [0.15, 0.2) is 24.3 Å². The van der Waals surface area contributed by atoms with Crippen molar-refractivity contribution < 1.29 is 23.8 Å². The third-order valence-corrected chi connectivity index (χ3v) is 5.79. The molecule has 1 aliphatic carbocycles. The van der Waals surface area contributed by atoms with Crippen molar-refractivity contribution in [3.63, 3.8) is 0 Å². The van der Waals surface area contributed by atoms with Crippen LogP contribution in [-0.4, -0.2) is 61.8 Å². The van der Waals surface area contributed by atoms with Crippen LogP contribution in [0.3, 0.4) is 0 Å². The Morgan fingerprint density at radius 3 is 2.63 bits per heavy atom. The zero-order valence-corrected chi connectivity index (χ0v) is 18.2. The summed E-state index contributed by atoms with van der Waals surface area (Å²) in [6.07, 6.45) is 4.54. The normalized spacial score (nSPS) is 24.3. The molecule has 0 radical (unpaired) electrons. The van der Waals surface area contributed by atoms with Gasteiger partial charge in [-0.2, -0.15) is 0 Å². The molecule has 1 aromatic carbocycles. The molecule has 166 valence electrons. The third-order valence-electron chi connectivity index (χ3n) is 5.79. The number of carbonyl (C=O) groups is 2. The summed E-state index contributed by atoms with van der Waals surface area (Å²) in [4.78, 5) is 27.0. The SMILES string of the molecule is CCCOC1(C(=O)Nc2ccc(OCC(=O)N3CCOCC3)cc2)CCCC(C)C1. The minimum absolute atomic E-state index is 0.00242. The number of morpholine rings is 1. The Hall–Kier alpha value is -2.12. The van der Waals surface area contributed by atoms with Crippen molar-refractivity contribution in [2.24, 2.45) is 5.92 Å². The number of carbonyl (C=O) groups excluding carboxylic acids is 2. The fraction of sp³-hybridized carbons (Fsp3) is 0.652. The Balaban J connectivity index is 1.54. The van der Waals surface area contributed by atoms with Gasteiger partial charge in [0.2, 0.25) is 0 Å². The molecule has 1 heterocycles. The predicted octanol–water partition coefficient (Wildman–Crippen LogP) is 3.24. The number of hydrogen-bond donors (Lipinski definition) is 1. The van der Waals surface area contributed by atoms with Crippen LogP contribution in [-0.2, 0) is 19.1 Å². The van der Waals surface area contributed by atoms with Gasteiger partial charge >= 0.3 is 0 Å². The van der Waals surface area contributed by atoms with E-state index in [0.717, 1.165) is 32.1 Å². The highest BCUT2D eigenvalue weighted by atomic mass is 16.5. The van der Waals surface area contributed by atoms with Gasteiger partial charge in [0.05, 0.1) is 13.2 Å². The highest BCUT2D eigenvalue weighted by Gasteiger charge is 2.42. The molecule has 1 saturated carbocycles. The fourth-order valence-electron chi connectivity index (χ4n) is 4.13. The molecule has 7 nitrogen and oxygen atoms in total. The molecule has 2 amide bonds. The molecule has 7 heteroatoms. The average molecular weight is 419 g/mol. The quantitative estimate of drug-likeness (QED) is 0.701. The predicted molar refractivity (Wildman–Crippen MR) is 115 cm³/mol. The van der Waals surface area contributed by atoms with Gasteiger partial charge in [0.15, 0.2) is 6.61 Å². The van der Waals surface area contributed by atoms with Gasteiger partial charge in [0.1, 0.15) is 11.4 Å². The maximum absolute atomic E-state index is 13.1. The Bertz CT molecular complexity index is 702. The molecule has 2 fully saturated rings. The first kappa shape index (κ1) is 22.6. The molecular formula is C23H34N2O5. The molecule has 2 aliphatic rings. The Morgan fingerprint density at radius 1 is 1.23 bits per heavy atom. The second-order valence-corrected chi connectivity index (χ2v) is 8.30. The van der Waals surface area contributed by atoms with Gasteiger partial charge in [-0.05, 0) is 55.9 Å². The number of ether oxygens (including phenoxy) is 3. The number of nitrogens with one attached hydrogen (secondary N) is 1. The van der Waals surface area contributed by atoms with Crippen molar-refractivity contribution in [2.45, 2.75) is 51.6 Å². The first-order chi connectivity index (χ1) is 14.5. The topological polar surface area (TPSA) is 77.1 Å². The molecule has 2 atom stereocenters. The first-order valence-corrected chi connectivity index (χ1v) is 11.1. The summed E-state index contributed by atoms with van der Waals surface area (Å²) in [6, 6.07) is 7.13. The van der Waals surface area contributed by atoms with Gasteiger partial charge in [-0.3, -0.25) is 9.59 Å². The Labute approximate surface area is 179 Å². The van der Waals surface area contributed by atoms with Crippen LogP contribution < -0.4 is 10.1 Å². The van der Waals surface area contributed by atoms with Crippen LogP contribution in [0.25, 0.3) is 0 Å². The molecule has 3 rings (SSSR count). The van der Waals surface area contributed by atoms with E-state index in [4.69, 9.17) is 14.2 Å². The fourth-order valence-corrected chi connectivity index (χ4v) is 4.13. The summed E-state index contributed by atoms with van der Waals surface area (Å²) in [5.41, 5.74) is -0.0440. The molecule has 1 saturated heterocycles. The van der Waals surface area contributed by atoms with E-state index in [1.807, 2.05) is 0 Å². The van der Waals surface area contributed by atoms with Gasteiger partial charge in [0, 0.05) is 25.4 Å². The molecule has 1 aromatic rings. The number of anilines is 1. The third kappa shape index (κ3) is 5.95. The minimum atomic E-state index is -0.743.